The summed E-state index contributed by atoms with van der Waals surface area (Å²) in [5, 5.41) is 3.53. The molecule has 206 valence electrons. The number of sulfonamides is 1. The van der Waals surface area contributed by atoms with Crippen LogP contribution in [-0.2, 0) is 26.0 Å². The monoisotopic (exact) mass is 586 g/mol. The van der Waals surface area contributed by atoms with Gasteiger partial charge in [-0.15, -0.1) is 0 Å². The Morgan fingerprint density at radius 2 is 1.67 bits per heavy atom. The number of hydrogen-bond acceptors (Lipinski definition) is 4. The van der Waals surface area contributed by atoms with Gasteiger partial charge < -0.3 is 5.32 Å². The second-order valence-electron chi connectivity index (χ2n) is 10.9. The number of amides is 1. The lowest BCUT2D eigenvalue weighted by molar-refractivity contribution is -0.120. The van der Waals surface area contributed by atoms with Gasteiger partial charge in [-0.3, -0.25) is 9.59 Å². The van der Waals surface area contributed by atoms with Crippen molar-refractivity contribution in [1.82, 2.24) is 4.31 Å². The zero-order chi connectivity index (χ0) is 28.4. The van der Waals surface area contributed by atoms with E-state index in [4.69, 9.17) is 23.2 Å². The van der Waals surface area contributed by atoms with Gasteiger partial charge in [0.15, 0.2) is 5.78 Å². The van der Waals surface area contributed by atoms with E-state index in [2.05, 4.69) is 26.1 Å². The predicted octanol–water partition coefficient (Wildman–Crippen LogP) is 6.70. The number of halogens is 2. The van der Waals surface area contributed by atoms with Crippen molar-refractivity contribution < 1.29 is 18.0 Å². The molecule has 1 saturated heterocycles. The lowest BCUT2D eigenvalue weighted by Crippen LogP contribution is -2.44. The van der Waals surface area contributed by atoms with Gasteiger partial charge in [0.25, 0.3) is 0 Å². The molecule has 3 aromatic carbocycles. The number of ketones is 1. The van der Waals surface area contributed by atoms with Crippen LogP contribution in [-0.4, -0.2) is 37.5 Å². The quantitative estimate of drug-likeness (QED) is 0.312. The van der Waals surface area contributed by atoms with E-state index in [1.54, 1.807) is 42.5 Å². The molecule has 0 unspecified atom stereocenters. The van der Waals surface area contributed by atoms with Gasteiger partial charge in [-0.1, -0.05) is 86.4 Å². The molecule has 1 amide bonds. The lowest BCUT2D eigenvalue weighted by atomic mass is 9.86. The number of anilines is 1. The maximum atomic E-state index is 13.1. The molecule has 1 heterocycles. The van der Waals surface area contributed by atoms with E-state index in [1.165, 1.54) is 4.31 Å². The normalized spacial score (nSPS) is 16.6. The van der Waals surface area contributed by atoms with Crippen LogP contribution in [0.3, 0.4) is 0 Å². The summed E-state index contributed by atoms with van der Waals surface area (Å²) in [6.45, 7) is 6.80. The molecule has 1 atom stereocenters. The molecule has 1 fully saturated rings. The Balaban J connectivity index is 1.42. The highest BCUT2D eigenvalue weighted by atomic mass is 35.5. The van der Waals surface area contributed by atoms with E-state index < -0.39 is 15.9 Å². The van der Waals surface area contributed by atoms with Crippen LogP contribution < -0.4 is 5.32 Å². The summed E-state index contributed by atoms with van der Waals surface area (Å²) in [5.41, 5.74) is 3.19. The molecule has 4 rings (SSSR count). The van der Waals surface area contributed by atoms with E-state index in [-0.39, 0.29) is 29.4 Å². The molecule has 0 aromatic heterocycles. The van der Waals surface area contributed by atoms with Crippen LogP contribution in [0.2, 0.25) is 10.0 Å². The predicted molar refractivity (Wildman–Crippen MR) is 157 cm³/mol. The molecular weight excluding hydrogens is 555 g/mol. The van der Waals surface area contributed by atoms with Crippen LogP contribution in [0.4, 0.5) is 5.69 Å². The van der Waals surface area contributed by atoms with Crippen molar-refractivity contribution in [1.29, 1.82) is 0 Å². The van der Waals surface area contributed by atoms with Gasteiger partial charge >= 0.3 is 0 Å². The summed E-state index contributed by atoms with van der Waals surface area (Å²) >= 11 is 12.0. The van der Waals surface area contributed by atoms with E-state index in [9.17, 15) is 18.0 Å². The molecule has 0 radical (unpaired) electrons. The Bertz CT molecular complexity index is 1480. The van der Waals surface area contributed by atoms with Gasteiger partial charge in [0.1, 0.15) is 0 Å². The van der Waals surface area contributed by atoms with E-state index in [0.29, 0.717) is 51.8 Å². The third-order valence-electron chi connectivity index (χ3n) is 6.89. The van der Waals surface area contributed by atoms with Gasteiger partial charge in [0, 0.05) is 29.9 Å². The average Bonchev–Trinajstić information content (AvgIpc) is 2.90. The number of piperidine rings is 1. The highest BCUT2D eigenvalue weighted by molar-refractivity contribution is 7.88. The highest BCUT2D eigenvalue weighted by Crippen LogP contribution is 2.27. The minimum atomic E-state index is -3.66. The first-order valence-corrected chi connectivity index (χ1v) is 15.2. The highest BCUT2D eigenvalue weighted by Gasteiger charge is 2.32. The third kappa shape index (κ3) is 7.28. The number of rotatable bonds is 7. The van der Waals surface area contributed by atoms with Crippen LogP contribution >= 0.6 is 23.2 Å². The molecule has 1 N–H and O–H groups in total. The fourth-order valence-corrected chi connectivity index (χ4v) is 6.53. The maximum Gasteiger partial charge on any atom is 0.228 e. The first-order valence-electron chi connectivity index (χ1n) is 12.8. The average molecular weight is 588 g/mol. The fourth-order valence-electron chi connectivity index (χ4n) is 4.61. The number of nitrogens with zero attached hydrogens (tertiary/aromatic N) is 1. The minimum absolute atomic E-state index is 0.0105. The molecule has 1 aliphatic heterocycles. The number of carbonyl (C=O) groups is 2. The van der Waals surface area contributed by atoms with Crippen LogP contribution in [0.1, 0.15) is 60.7 Å². The Morgan fingerprint density at radius 1 is 0.949 bits per heavy atom. The second kappa shape index (κ2) is 11.8. The summed E-state index contributed by atoms with van der Waals surface area (Å²) in [6.07, 6.45) is 1.14. The first-order chi connectivity index (χ1) is 18.3. The summed E-state index contributed by atoms with van der Waals surface area (Å²) in [7, 11) is -3.66. The molecule has 3 aromatic rings. The summed E-state index contributed by atoms with van der Waals surface area (Å²) < 4.78 is 27.5. The third-order valence-corrected chi connectivity index (χ3v) is 9.44. The standard InChI is InChI=1S/C30H32Cl2N2O4S/c1-30(2,3)24-12-10-21(11-13-24)28(35)22-6-4-8-25(17-22)33-29(36)23-7-5-15-34(18-23)39(37,38)19-20-9-14-26(31)27(32)16-20/h4,6,8-14,16-17,23H,5,7,15,18-19H2,1-3H3,(H,33,36)/t23-/m1/s1. The Morgan fingerprint density at radius 3 is 2.33 bits per heavy atom. The van der Waals surface area contributed by atoms with Crippen LogP contribution in [0, 0.1) is 5.92 Å². The van der Waals surface area contributed by atoms with Crippen molar-refractivity contribution in [3.63, 3.8) is 0 Å². The SMILES string of the molecule is CC(C)(C)c1ccc(C(=O)c2cccc(NC(=O)[C@@H]3CCCN(S(=O)(=O)Cc4ccc(Cl)c(Cl)c4)C3)c2)cc1. The van der Waals surface area contributed by atoms with E-state index in [1.807, 2.05) is 24.3 Å². The number of hydrogen-bond donors (Lipinski definition) is 1. The molecule has 0 aliphatic carbocycles. The van der Waals surface area contributed by atoms with Crippen molar-refractivity contribution in [2.45, 2.75) is 44.8 Å². The first kappa shape index (κ1) is 29.3. The van der Waals surface area contributed by atoms with Crippen molar-refractivity contribution >= 4 is 50.6 Å². The summed E-state index contributed by atoms with van der Waals surface area (Å²) in [6, 6.07) is 19.1. The molecule has 6 nitrogen and oxygen atoms in total. The zero-order valence-electron chi connectivity index (χ0n) is 22.2. The molecule has 0 bridgehead atoms. The van der Waals surface area contributed by atoms with Crippen molar-refractivity contribution in [3.05, 3.63) is 99.0 Å². The smallest absolute Gasteiger partial charge is 0.228 e. The Hall–Kier alpha value is -2.71. The summed E-state index contributed by atoms with van der Waals surface area (Å²) in [4.78, 5) is 26.2. The summed E-state index contributed by atoms with van der Waals surface area (Å²) in [5.74, 6) is -1.14. The van der Waals surface area contributed by atoms with Crippen LogP contribution in [0.15, 0.2) is 66.7 Å². The van der Waals surface area contributed by atoms with E-state index >= 15 is 0 Å². The zero-order valence-corrected chi connectivity index (χ0v) is 24.5. The van der Waals surface area contributed by atoms with Gasteiger partial charge in [-0.05, 0) is 53.6 Å². The Labute approximate surface area is 240 Å². The topological polar surface area (TPSA) is 83.6 Å². The Kier molecular flexibility index (Phi) is 8.86. The van der Waals surface area contributed by atoms with Gasteiger partial charge in [-0.2, -0.15) is 0 Å². The molecule has 39 heavy (non-hydrogen) atoms. The fraction of sp³-hybridized carbons (Fsp3) is 0.333. The van der Waals surface area contributed by atoms with Crippen LogP contribution in [0.25, 0.3) is 0 Å². The second-order valence-corrected chi connectivity index (χ2v) is 13.7. The molecule has 1 aliphatic rings. The number of carbonyl (C=O) groups excluding carboxylic acids is 2. The number of benzene rings is 3. The molecule has 9 heteroatoms. The van der Waals surface area contributed by atoms with Crippen molar-refractivity contribution in [2.24, 2.45) is 5.92 Å². The molecule has 0 saturated carbocycles. The van der Waals surface area contributed by atoms with Gasteiger partial charge in [0.05, 0.1) is 21.7 Å². The van der Waals surface area contributed by atoms with Gasteiger partial charge in [-0.25, -0.2) is 12.7 Å². The van der Waals surface area contributed by atoms with E-state index in [0.717, 1.165) is 5.56 Å². The molecular formula is C30H32Cl2N2O4S. The van der Waals surface area contributed by atoms with Crippen molar-refractivity contribution in [2.75, 3.05) is 18.4 Å². The maximum absolute atomic E-state index is 13.1. The number of nitrogens with one attached hydrogen (secondary N) is 1. The van der Waals surface area contributed by atoms with Crippen LogP contribution in [0.5, 0.6) is 0 Å². The largest absolute Gasteiger partial charge is 0.326 e. The van der Waals surface area contributed by atoms with Gasteiger partial charge in [0.2, 0.25) is 15.9 Å². The van der Waals surface area contributed by atoms with Crippen molar-refractivity contribution in [3.8, 4) is 0 Å². The minimum Gasteiger partial charge on any atom is -0.326 e. The lowest BCUT2D eigenvalue weighted by Gasteiger charge is -2.31. The molecule has 0 spiro atoms.